The third-order valence-electron chi connectivity index (χ3n) is 4.39. The fourth-order valence-electron chi connectivity index (χ4n) is 2.84. The number of benzene rings is 1. The average molecular weight is 418 g/mol. The van der Waals surface area contributed by atoms with E-state index in [1.165, 1.54) is 6.92 Å². The Kier molecular flexibility index (Phi) is 8.33. The molecule has 0 aromatic heterocycles. The van der Waals surface area contributed by atoms with Crippen LogP contribution in [0.2, 0.25) is 0 Å². The van der Waals surface area contributed by atoms with Gasteiger partial charge in [0.2, 0.25) is 11.8 Å². The van der Waals surface area contributed by atoms with Gasteiger partial charge < -0.3 is 25.6 Å². The number of nitrogens with zero attached hydrogens (tertiary/aromatic N) is 1. The van der Waals surface area contributed by atoms with Crippen LogP contribution in [0.25, 0.3) is 0 Å². The Morgan fingerprint density at radius 3 is 2.43 bits per heavy atom. The molecule has 1 aromatic rings. The van der Waals surface area contributed by atoms with E-state index in [0.717, 1.165) is 12.1 Å². The maximum Gasteiger partial charge on any atom is 0.325 e. The van der Waals surface area contributed by atoms with Crippen molar-refractivity contribution in [1.82, 2.24) is 16.0 Å². The molecule has 0 saturated carbocycles. The molecule has 0 aliphatic carbocycles. The lowest BCUT2D eigenvalue weighted by atomic mass is 10.2. The zero-order valence-corrected chi connectivity index (χ0v) is 17.0. The van der Waals surface area contributed by atoms with Gasteiger partial charge in [-0.1, -0.05) is 0 Å². The molecule has 1 heterocycles. The van der Waals surface area contributed by atoms with Crippen molar-refractivity contribution in [2.45, 2.75) is 32.7 Å². The van der Waals surface area contributed by atoms with Crippen molar-refractivity contribution in [2.24, 2.45) is 0 Å². The summed E-state index contributed by atoms with van der Waals surface area (Å²) in [4.78, 5) is 60.5. The van der Waals surface area contributed by atoms with Gasteiger partial charge in [0.1, 0.15) is 12.6 Å². The lowest BCUT2D eigenvalue weighted by Crippen LogP contribution is -2.46. The number of carbonyl (C=O) groups excluding carboxylic acids is 5. The molecule has 0 spiro atoms. The standard InChI is InChI=1S/C20H26N4O6/c1-3-21-19(28)13(2)23-16(25)12-30-18(27)11-22-20(29)14-6-8-15(9-7-14)24-10-4-5-17(24)26/h6-9,13H,3-5,10-12H2,1-2H3,(H,21,28)(H,22,29)(H,23,25)/t13-/m0/s1. The second-order valence-electron chi connectivity index (χ2n) is 6.72. The summed E-state index contributed by atoms with van der Waals surface area (Å²) in [5.41, 5.74) is 1.05. The zero-order valence-electron chi connectivity index (χ0n) is 17.0. The minimum atomic E-state index is -0.788. The minimum Gasteiger partial charge on any atom is -0.454 e. The van der Waals surface area contributed by atoms with Gasteiger partial charge >= 0.3 is 5.97 Å². The summed E-state index contributed by atoms with van der Waals surface area (Å²) >= 11 is 0. The Morgan fingerprint density at radius 2 is 1.83 bits per heavy atom. The Bertz CT molecular complexity index is 808. The molecule has 10 heteroatoms. The van der Waals surface area contributed by atoms with Gasteiger partial charge in [-0.3, -0.25) is 24.0 Å². The van der Waals surface area contributed by atoms with Crippen LogP contribution in [-0.2, 0) is 23.9 Å². The van der Waals surface area contributed by atoms with Crippen molar-refractivity contribution in [1.29, 1.82) is 0 Å². The second-order valence-corrected chi connectivity index (χ2v) is 6.72. The van der Waals surface area contributed by atoms with E-state index >= 15 is 0 Å². The van der Waals surface area contributed by atoms with Crippen LogP contribution in [-0.4, -0.2) is 61.9 Å². The van der Waals surface area contributed by atoms with Crippen LogP contribution in [0.5, 0.6) is 0 Å². The first kappa shape index (κ1) is 22.9. The number of esters is 1. The van der Waals surface area contributed by atoms with Crippen LogP contribution >= 0.6 is 0 Å². The van der Waals surface area contributed by atoms with E-state index in [-0.39, 0.29) is 11.8 Å². The normalized spacial score (nSPS) is 14.1. The fourth-order valence-corrected chi connectivity index (χ4v) is 2.84. The van der Waals surface area contributed by atoms with Gasteiger partial charge in [-0.2, -0.15) is 0 Å². The molecular formula is C20H26N4O6. The largest absolute Gasteiger partial charge is 0.454 e. The summed E-state index contributed by atoms with van der Waals surface area (Å²) in [6.07, 6.45) is 1.33. The molecule has 1 saturated heterocycles. The van der Waals surface area contributed by atoms with Gasteiger partial charge in [0, 0.05) is 30.8 Å². The predicted molar refractivity (Wildman–Crippen MR) is 108 cm³/mol. The van der Waals surface area contributed by atoms with E-state index < -0.39 is 37.0 Å². The van der Waals surface area contributed by atoms with Gasteiger partial charge in [0.25, 0.3) is 11.8 Å². The number of likely N-dealkylation sites (N-methyl/N-ethyl adjacent to an activating group) is 1. The summed E-state index contributed by atoms with van der Waals surface area (Å²) in [7, 11) is 0. The van der Waals surface area contributed by atoms with Crippen LogP contribution in [0.1, 0.15) is 37.0 Å². The molecule has 0 radical (unpaired) electrons. The lowest BCUT2D eigenvalue weighted by molar-refractivity contribution is -0.147. The molecule has 0 unspecified atom stereocenters. The number of carbonyl (C=O) groups is 5. The van der Waals surface area contributed by atoms with Crippen LogP contribution in [0.15, 0.2) is 24.3 Å². The highest BCUT2D eigenvalue weighted by atomic mass is 16.5. The van der Waals surface area contributed by atoms with E-state index in [2.05, 4.69) is 16.0 Å². The molecule has 4 amide bonds. The third kappa shape index (κ3) is 6.57. The number of rotatable bonds is 9. The molecule has 0 bridgehead atoms. The van der Waals surface area contributed by atoms with E-state index in [9.17, 15) is 24.0 Å². The van der Waals surface area contributed by atoms with Crippen molar-refractivity contribution < 1.29 is 28.7 Å². The number of hydrogen-bond donors (Lipinski definition) is 3. The monoisotopic (exact) mass is 418 g/mol. The molecule has 1 aliphatic heterocycles. The lowest BCUT2D eigenvalue weighted by Gasteiger charge is -2.15. The molecule has 1 aromatic carbocycles. The smallest absolute Gasteiger partial charge is 0.325 e. The molecular weight excluding hydrogens is 392 g/mol. The first-order valence-electron chi connectivity index (χ1n) is 9.73. The third-order valence-corrected chi connectivity index (χ3v) is 4.39. The van der Waals surface area contributed by atoms with E-state index in [1.807, 2.05) is 0 Å². The quantitative estimate of drug-likeness (QED) is 0.473. The Balaban J connectivity index is 1.72. The first-order chi connectivity index (χ1) is 14.3. The van der Waals surface area contributed by atoms with E-state index in [4.69, 9.17) is 4.74 Å². The highest BCUT2D eigenvalue weighted by Gasteiger charge is 2.22. The SMILES string of the molecule is CCNC(=O)[C@H](C)NC(=O)COC(=O)CNC(=O)c1ccc(N2CCCC2=O)cc1. The highest BCUT2D eigenvalue weighted by molar-refractivity contribution is 5.98. The average Bonchev–Trinajstić information content (AvgIpc) is 3.16. The first-order valence-corrected chi connectivity index (χ1v) is 9.73. The molecule has 162 valence electrons. The molecule has 1 fully saturated rings. The zero-order chi connectivity index (χ0) is 22.1. The number of nitrogens with one attached hydrogen (secondary N) is 3. The van der Waals surface area contributed by atoms with Crippen molar-refractivity contribution in [2.75, 3.05) is 31.1 Å². The summed E-state index contributed by atoms with van der Waals surface area (Å²) < 4.78 is 4.79. The molecule has 10 nitrogen and oxygen atoms in total. The fraction of sp³-hybridized carbons (Fsp3) is 0.450. The van der Waals surface area contributed by atoms with Crippen molar-refractivity contribution in [3.63, 3.8) is 0 Å². The number of amides is 4. The van der Waals surface area contributed by atoms with Gasteiger partial charge in [-0.15, -0.1) is 0 Å². The van der Waals surface area contributed by atoms with Gasteiger partial charge in [0.05, 0.1) is 0 Å². The van der Waals surface area contributed by atoms with Crippen LogP contribution in [0.3, 0.4) is 0 Å². The van der Waals surface area contributed by atoms with E-state index in [0.29, 0.717) is 25.1 Å². The number of hydrogen-bond acceptors (Lipinski definition) is 6. The summed E-state index contributed by atoms with van der Waals surface area (Å²) in [5, 5.41) is 7.36. The molecule has 30 heavy (non-hydrogen) atoms. The van der Waals surface area contributed by atoms with Crippen LogP contribution in [0, 0.1) is 0 Å². The maximum atomic E-state index is 12.1. The van der Waals surface area contributed by atoms with Gasteiger partial charge in [0.15, 0.2) is 6.61 Å². The van der Waals surface area contributed by atoms with E-state index in [1.54, 1.807) is 36.1 Å². The van der Waals surface area contributed by atoms with Gasteiger partial charge in [-0.25, -0.2) is 0 Å². The van der Waals surface area contributed by atoms with Crippen molar-refractivity contribution in [3.8, 4) is 0 Å². The Morgan fingerprint density at radius 1 is 1.13 bits per heavy atom. The Hall–Kier alpha value is -3.43. The van der Waals surface area contributed by atoms with Gasteiger partial charge in [-0.05, 0) is 44.5 Å². The molecule has 3 N–H and O–H groups in total. The summed E-state index contributed by atoms with van der Waals surface area (Å²) in [5.74, 6) is -2.19. The molecule has 2 rings (SSSR count). The maximum absolute atomic E-state index is 12.1. The minimum absolute atomic E-state index is 0.0550. The summed E-state index contributed by atoms with van der Waals surface area (Å²) in [6, 6.07) is 5.73. The van der Waals surface area contributed by atoms with Crippen LogP contribution in [0.4, 0.5) is 5.69 Å². The van der Waals surface area contributed by atoms with Crippen molar-refractivity contribution >= 4 is 35.3 Å². The predicted octanol–water partition coefficient (Wildman–Crippen LogP) is -0.273. The molecule has 1 atom stereocenters. The van der Waals surface area contributed by atoms with Crippen LogP contribution < -0.4 is 20.9 Å². The molecule has 1 aliphatic rings. The number of ether oxygens (including phenoxy) is 1. The van der Waals surface area contributed by atoms with Crippen molar-refractivity contribution in [3.05, 3.63) is 29.8 Å². The Labute approximate surface area is 174 Å². The number of anilines is 1. The second kappa shape index (κ2) is 10.9. The highest BCUT2D eigenvalue weighted by Crippen LogP contribution is 2.21. The summed E-state index contributed by atoms with van der Waals surface area (Å²) in [6.45, 7) is 3.39. The topological polar surface area (TPSA) is 134 Å².